The van der Waals surface area contributed by atoms with Gasteiger partial charge in [-0.1, -0.05) is 47.6 Å². The minimum atomic E-state index is 0.0964. The highest BCUT2D eigenvalue weighted by Crippen LogP contribution is 2.00. The van der Waals surface area contributed by atoms with Crippen LogP contribution in [0.4, 0.5) is 0 Å². The van der Waals surface area contributed by atoms with E-state index in [-0.39, 0.29) is 6.61 Å². The second-order valence-electron chi connectivity index (χ2n) is 4.56. The Bertz CT molecular complexity index is 417. The predicted octanol–water partition coefficient (Wildman–Crippen LogP) is 4.02. The van der Waals surface area contributed by atoms with E-state index in [1.165, 1.54) is 11.1 Å². The average molecular weight is 259 g/mol. The van der Waals surface area contributed by atoms with Gasteiger partial charge in [0.25, 0.3) is 0 Å². The highest BCUT2D eigenvalue weighted by molar-refractivity contribution is 5.72. The van der Waals surface area contributed by atoms with Gasteiger partial charge in [-0.25, -0.2) is 0 Å². The summed E-state index contributed by atoms with van der Waals surface area (Å²) >= 11 is 0. The summed E-state index contributed by atoms with van der Waals surface area (Å²) in [6.07, 6.45) is 16.0. The Morgan fingerprint density at radius 3 is 2.05 bits per heavy atom. The molecule has 0 aliphatic carbocycles. The summed E-state index contributed by atoms with van der Waals surface area (Å²) in [5.74, 6) is 0. The summed E-state index contributed by atoms with van der Waals surface area (Å²) in [5.41, 5.74) is 3.62. The maximum atomic E-state index is 8.57. The summed E-state index contributed by atoms with van der Waals surface area (Å²) in [6.45, 7) is 8.80. The average Bonchev–Trinajstić information content (AvgIpc) is 2.34. The van der Waals surface area contributed by atoms with Crippen LogP contribution in [0.1, 0.15) is 27.7 Å². The lowest BCUT2D eigenvalue weighted by Crippen LogP contribution is -1.86. The lowest BCUT2D eigenvalue weighted by atomic mass is 10.2. The molecule has 2 nitrogen and oxygen atoms in total. The first kappa shape index (κ1) is 17.3. The first-order chi connectivity index (χ1) is 9.06. The van der Waals surface area contributed by atoms with Crippen LogP contribution in [-0.4, -0.2) is 24.5 Å². The third kappa shape index (κ3) is 12.6. The lowest BCUT2D eigenvalue weighted by Gasteiger charge is -1.90. The first-order valence-electron chi connectivity index (χ1n) is 6.50. The van der Waals surface area contributed by atoms with Crippen LogP contribution >= 0.6 is 0 Å². The van der Waals surface area contributed by atoms with Crippen LogP contribution in [0.2, 0.25) is 0 Å². The molecule has 0 aliphatic rings. The quantitative estimate of drug-likeness (QED) is 0.543. The molecular weight excluding hydrogens is 234 g/mol. The molecule has 0 aromatic rings. The zero-order chi connectivity index (χ0) is 14.5. The van der Waals surface area contributed by atoms with Gasteiger partial charge in [-0.2, -0.15) is 0 Å². The molecule has 0 aromatic heterocycles. The molecule has 19 heavy (non-hydrogen) atoms. The normalized spacial score (nSPS) is 13.9. The molecule has 1 N–H and O–H groups in total. The number of nitrogens with zero attached hydrogens (tertiary/aromatic N) is 1. The van der Waals surface area contributed by atoms with Gasteiger partial charge in [0.2, 0.25) is 0 Å². The number of rotatable bonds is 7. The van der Waals surface area contributed by atoms with E-state index < -0.39 is 0 Å². The molecule has 0 rings (SSSR count). The van der Waals surface area contributed by atoms with Crippen LogP contribution in [0, 0.1) is 0 Å². The second kappa shape index (κ2) is 11.4. The molecule has 0 unspecified atom stereocenters. The Hall–Kier alpha value is -1.67. The molecule has 0 amide bonds. The third-order valence-electron chi connectivity index (χ3n) is 2.18. The Morgan fingerprint density at radius 1 is 0.895 bits per heavy atom. The van der Waals surface area contributed by atoms with Crippen molar-refractivity contribution in [2.45, 2.75) is 27.7 Å². The molecule has 0 radical (unpaired) electrons. The topological polar surface area (TPSA) is 32.6 Å². The van der Waals surface area contributed by atoms with Gasteiger partial charge in [-0.05, 0) is 39.3 Å². The molecule has 0 aliphatic heterocycles. The van der Waals surface area contributed by atoms with Gasteiger partial charge in [0.1, 0.15) is 0 Å². The Kier molecular flexibility index (Phi) is 10.4. The number of aliphatic hydroxyl groups excluding tert-OH is 1. The van der Waals surface area contributed by atoms with Crippen LogP contribution in [-0.2, 0) is 0 Å². The zero-order valence-electron chi connectivity index (χ0n) is 12.4. The summed E-state index contributed by atoms with van der Waals surface area (Å²) in [6, 6.07) is 0. The minimum absolute atomic E-state index is 0.0964. The Labute approximate surface area is 117 Å². The minimum Gasteiger partial charge on any atom is -0.394 e. The Morgan fingerprint density at radius 2 is 1.47 bits per heavy atom. The van der Waals surface area contributed by atoms with Crippen molar-refractivity contribution >= 4 is 6.21 Å². The number of aliphatic imine (C=N–C) groups is 1. The van der Waals surface area contributed by atoms with E-state index in [0.717, 1.165) is 5.57 Å². The van der Waals surface area contributed by atoms with E-state index in [9.17, 15) is 0 Å². The van der Waals surface area contributed by atoms with Crippen LogP contribution in [0.15, 0.2) is 64.2 Å². The van der Waals surface area contributed by atoms with E-state index in [1.54, 1.807) is 6.21 Å². The fourth-order valence-electron chi connectivity index (χ4n) is 1.16. The molecule has 0 saturated carbocycles. The van der Waals surface area contributed by atoms with Crippen molar-refractivity contribution < 1.29 is 5.11 Å². The van der Waals surface area contributed by atoms with Gasteiger partial charge in [0.15, 0.2) is 0 Å². The van der Waals surface area contributed by atoms with E-state index in [4.69, 9.17) is 5.11 Å². The summed E-state index contributed by atoms with van der Waals surface area (Å²) in [5, 5.41) is 8.57. The largest absolute Gasteiger partial charge is 0.394 e. The summed E-state index contributed by atoms with van der Waals surface area (Å²) in [7, 11) is 0. The smallest absolute Gasteiger partial charge is 0.0626 e. The number of allylic oxidation sites excluding steroid dienone is 10. The standard InChI is InChI=1S/C17H25NO/c1-15(2)7-5-8-16(3)9-6-10-17(4)11-12-18-13-14-19/h5-12,19H,13-14H2,1-4H3. The monoisotopic (exact) mass is 259 g/mol. The fourth-order valence-corrected chi connectivity index (χ4v) is 1.16. The number of hydrogen-bond donors (Lipinski definition) is 1. The van der Waals surface area contributed by atoms with Crippen LogP contribution in [0.3, 0.4) is 0 Å². The molecule has 0 heterocycles. The van der Waals surface area contributed by atoms with Crippen LogP contribution < -0.4 is 0 Å². The lowest BCUT2D eigenvalue weighted by molar-refractivity contribution is 0.307. The predicted molar refractivity (Wildman–Crippen MR) is 85.7 cm³/mol. The molecule has 0 aromatic carbocycles. The van der Waals surface area contributed by atoms with Crippen LogP contribution in [0.25, 0.3) is 0 Å². The Balaban J connectivity index is 4.32. The summed E-state index contributed by atoms with van der Waals surface area (Å²) in [4.78, 5) is 4.01. The molecular formula is C17H25NO. The fraction of sp³-hybridized carbons (Fsp3) is 0.353. The van der Waals surface area contributed by atoms with Gasteiger partial charge in [-0.15, -0.1) is 0 Å². The van der Waals surface area contributed by atoms with Gasteiger partial charge < -0.3 is 5.11 Å². The second-order valence-corrected chi connectivity index (χ2v) is 4.56. The van der Waals surface area contributed by atoms with E-state index >= 15 is 0 Å². The highest BCUT2D eigenvalue weighted by Gasteiger charge is 1.80. The SMILES string of the molecule is CC(C)=CC=CC(C)=CC=CC(C)=CC=NCCO. The van der Waals surface area contributed by atoms with Crippen molar-refractivity contribution in [3.63, 3.8) is 0 Å². The maximum Gasteiger partial charge on any atom is 0.0626 e. The highest BCUT2D eigenvalue weighted by atomic mass is 16.3. The third-order valence-corrected chi connectivity index (χ3v) is 2.18. The zero-order valence-corrected chi connectivity index (χ0v) is 12.4. The molecule has 2 heteroatoms. The van der Waals surface area contributed by atoms with Gasteiger partial charge in [-0.3, -0.25) is 4.99 Å². The van der Waals surface area contributed by atoms with E-state index in [2.05, 4.69) is 50.1 Å². The van der Waals surface area contributed by atoms with Crippen molar-refractivity contribution in [2.24, 2.45) is 4.99 Å². The van der Waals surface area contributed by atoms with Crippen molar-refractivity contribution in [1.29, 1.82) is 0 Å². The van der Waals surface area contributed by atoms with Crippen molar-refractivity contribution in [3.8, 4) is 0 Å². The summed E-state index contributed by atoms with van der Waals surface area (Å²) < 4.78 is 0. The molecule has 0 fully saturated rings. The van der Waals surface area contributed by atoms with Crippen molar-refractivity contribution in [3.05, 3.63) is 59.3 Å². The molecule has 0 saturated heterocycles. The van der Waals surface area contributed by atoms with Crippen molar-refractivity contribution in [1.82, 2.24) is 0 Å². The molecule has 0 atom stereocenters. The van der Waals surface area contributed by atoms with Gasteiger partial charge in [0.05, 0.1) is 13.2 Å². The maximum absolute atomic E-state index is 8.57. The first-order valence-corrected chi connectivity index (χ1v) is 6.50. The molecule has 104 valence electrons. The molecule has 0 bridgehead atoms. The van der Waals surface area contributed by atoms with Gasteiger partial charge >= 0.3 is 0 Å². The van der Waals surface area contributed by atoms with Crippen LogP contribution in [0.5, 0.6) is 0 Å². The molecule has 0 spiro atoms. The van der Waals surface area contributed by atoms with E-state index in [0.29, 0.717) is 6.54 Å². The van der Waals surface area contributed by atoms with Gasteiger partial charge in [0, 0.05) is 6.21 Å². The van der Waals surface area contributed by atoms with E-state index in [1.807, 2.05) is 25.2 Å². The number of hydrogen-bond acceptors (Lipinski definition) is 2. The van der Waals surface area contributed by atoms with Crippen molar-refractivity contribution in [2.75, 3.05) is 13.2 Å². The number of aliphatic hydroxyl groups is 1.